The predicted octanol–water partition coefficient (Wildman–Crippen LogP) is 14.8. The largest absolute Gasteiger partial charge is 0.456 e. The summed E-state index contributed by atoms with van der Waals surface area (Å²) in [6.45, 7) is 4.70. The normalized spacial score (nSPS) is 13.6. The third kappa shape index (κ3) is 3.99. The molecule has 1 aliphatic carbocycles. The number of nitrogens with zero attached hydrogens (tertiary/aromatic N) is 1. The zero-order chi connectivity index (χ0) is 35.0. The molecule has 0 amide bonds. The van der Waals surface area contributed by atoms with Crippen molar-refractivity contribution in [2.24, 2.45) is 0 Å². The first kappa shape index (κ1) is 29.2. The molecule has 1 aliphatic rings. The second-order valence-electron chi connectivity index (χ2n) is 14.9. The van der Waals surface area contributed by atoms with Crippen LogP contribution in [0.4, 0.5) is 17.1 Å². The minimum atomic E-state index is -0.127. The van der Waals surface area contributed by atoms with Gasteiger partial charge in [0.15, 0.2) is 0 Å². The molecule has 3 aromatic heterocycles. The molecule has 3 heterocycles. The maximum absolute atomic E-state index is 6.77. The van der Waals surface area contributed by atoms with Crippen LogP contribution < -0.4 is 4.90 Å². The van der Waals surface area contributed by atoms with Crippen LogP contribution in [0.3, 0.4) is 0 Å². The average molecular weight is 698 g/mol. The summed E-state index contributed by atoms with van der Waals surface area (Å²) in [4.78, 5) is 2.42. The van der Waals surface area contributed by atoms with Gasteiger partial charge in [-0.2, -0.15) is 0 Å². The minimum Gasteiger partial charge on any atom is -0.456 e. The topological polar surface area (TPSA) is 29.5 Å². The van der Waals surface area contributed by atoms with Crippen molar-refractivity contribution in [2.45, 2.75) is 19.3 Å². The number of hydrogen-bond donors (Lipinski definition) is 0. The highest BCUT2D eigenvalue weighted by Crippen LogP contribution is 2.52. The molecule has 0 spiro atoms. The second-order valence-corrected chi connectivity index (χ2v) is 15.9. The number of fused-ring (bicyclic) bond motifs is 14. The maximum Gasteiger partial charge on any atom is 0.144 e. The standard InChI is InChI=1S/C49H31NO2S/c1-49(2)39-15-7-5-12-32(39)33-20-18-30(26-40(33)49)50(31-19-21-35-34-13-6-8-17-42(34)51-44(35)27-31)41-16-9-14-37-46-45(53-48(37)41)23-22-36-38-24-28-10-3-4-11-29(28)25-43(38)52-47(36)46/h3-27H,1-2H3. The molecule has 0 radical (unpaired) electrons. The maximum atomic E-state index is 6.77. The average Bonchev–Trinajstić information content (AvgIpc) is 3.92. The molecular weight excluding hydrogens is 667 g/mol. The first-order valence-electron chi connectivity index (χ1n) is 18.2. The fourth-order valence-electron chi connectivity index (χ4n) is 9.07. The Hall–Kier alpha value is -6.36. The van der Waals surface area contributed by atoms with E-state index in [9.17, 15) is 0 Å². The van der Waals surface area contributed by atoms with Crippen LogP contribution in [0.5, 0.6) is 0 Å². The van der Waals surface area contributed by atoms with E-state index in [4.69, 9.17) is 8.83 Å². The minimum absolute atomic E-state index is 0.127. The summed E-state index contributed by atoms with van der Waals surface area (Å²) in [5.74, 6) is 0. The third-order valence-corrected chi connectivity index (χ3v) is 12.8. The molecule has 0 saturated carbocycles. The zero-order valence-corrected chi connectivity index (χ0v) is 29.9. The number of anilines is 3. The predicted molar refractivity (Wildman–Crippen MR) is 224 cm³/mol. The summed E-state index contributed by atoms with van der Waals surface area (Å²) >= 11 is 1.83. The fourth-order valence-corrected chi connectivity index (χ4v) is 10.3. The van der Waals surface area contributed by atoms with E-state index in [1.807, 2.05) is 23.5 Å². The SMILES string of the molecule is CC1(C)c2ccccc2-c2ccc(N(c3ccc4c(c3)oc3ccccc34)c3cccc4c3sc3ccc5c6cc7ccccc7cc6oc5c34)cc21. The summed E-state index contributed by atoms with van der Waals surface area (Å²) in [5.41, 5.74) is 12.2. The van der Waals surface area contributed by atoms with E-state index in [2.05, 4.69) is 158 Å². The number of thiophene rings is 1. The lowest BCUT2D eigenvalue weighted by atomic mass is 9.82. The monoisotopic (exact) mass is 697 g/mol. The highest BCUT2D eigenvalue weighted by Gasteiger charge is 2.36. The molecule has 0 atom stereocenters. The Bertz CT molecular complexity index is 3340. The van der Waals surface area contributed by atoms with Gasteiger partial charge >= 0.3 is 0 Å². The van der Waals surface area contributed by atoms with Gasteiger partial charge in [-0.3, -0.25) is 0 Å². The van der Waals surface area contributed by atoms with Gasteiger partial charge in [0.05, 0.1) is 10.4 Å². The first-order chi connectivity index (χ1) is 26.0. The Balaban J connectivity index is 1.12. The van der Waals surface area contributed by atoms with Crippen molar-refractivity contribution in [1.29, 1.82) is 0 Å². The van der Waals surface area contributed by atoms with Crippen molar-refractivity contribution in [2.75, 3.05) is 4.90 Å². The molecule has 250 valence electrons. The molecule has 0 fully saturated rings. The summed E-state index contributed by atoms with van der Waals surface area (Å²) in [5, 5.41) is 9.32. The number of para-hydroxylation sites is 1. The lowest BCUT2D eigenvalue weighted by Crippen LogP contribution is -2.16. The van der Waals surface area contributed by atoms with Crippen LogP contribution in [-0.4, -0.2) is 0 Å². The van der Waals surface area contributed by atoms with Gasteiger partial charge in [0.1, 0.15) is 22.3 Å². The van der Waals surface area contributed by atoms with E-state index in [0.29, 0.717) is 0 Å². The summed E-state index contributed by atoms with van der Waals surface area (Å²) < 4.78 is 15.7. The highest BCUT2D eigenvalue weighted by atomic mass is 32.1. The van der Waals surface area contributed by atoms with E-state index in [-0.39, 0.29) is 5.41 Å². The molecular formula is C49H31NO2S. The van der Waals surface area contributed by atoms with Crippen LogP contribution in [0.25, 0.3) is 85.9 Å². The van der Waals surface area contributed by atoms with Crippen molar-refractivity contribution >= 4 is 103 Å². The van der Waals surface area contributed by atoms with Gasteiger partial charge in [0, 0.05) is 59.9 Å². The Morgan fingerprint density at radius 1 is 0.491 bits per heavy atom. The van der Waals surface area contributed by atoms with Crippen LogP contribution in [0.15, 0.2) is 160 Å². The van der Waals surface area contributed by atoms with Crippen molar-refractivity contribution in [1.82, 2.24) is 0 Å². The van der Waals surface area contributed by atoms with Gasteiger partial charge in [0.25, 0.3) is 0 Å². The quantitative estimate of drug-likeness (QED) is 0.184. The summed E-state index contributed by atoms with van der Waals surface area (Å²) in [6, 6.07) is 55.0. The van der Waals surface area contributed by atoms with Gasteiger partial charge in [-0.15, -0.1) is 11.3 Å². The lowest BCUT2D eigenvalue weighted by molar-refractivity contribution is 0.660. The van der Waals surface area contributed by atoms with Crippen LogP contribution in [0, 0.1) is 0 Å². The van der Waals surface area contributed by atoms with E-state index >= 15 is 0 Å². The zero-order valence-electron chi connectivity index (χ0n) is 29.1. The molecule has 0 unspecified atom stereocenters. The van der Waals surface area contributed by atoms with E-state index in [0.717, 1.165) is 60.9 Å². The van der Waals surface area contributed by atoms with E-state index < -0.39 is 0 Å². The summed E-state index contributed by atoms with van der Waals surface area (Å²) in [6.07, 6.45) is 0. The number of furan rings is 2. The van der Waals surface area contributed by atoms with Crippen LogP contribution in [-0.2, 0) is 5.41 Å². The van der Waals surface area contributed by atoms with Gasteiger partial charge in [0.2, 0.25) is 0 Å². The third-order valence-electron chi connectivity index (χ3n) is 11.6. The number of benzene rings is 8. The van der Waals surface area contributed by atoms with Gasteiger partial charge in [-0.05, 0) is 93.7 Å². The van der Waals surface area contributed by atoms with E-state index in [1.54, 1.807) is 0 Å². The summed E-state index contributed by atoms with van der Waals surface area (Å²) in [7, 11) is 0. The lowest BCUT2D eigenvalue weighted by Gasteiger charge is -2.28. The molecule has 0 N–H and O–H groups in total. The molecule has 11 aromatic rings. The molecule has 3 nitrogen and oxygen atoms in total. The number of hydrogen-bond acceptors (Lipinski definition) is 4. The highest BCUT2D eigenvalue weighted by molar-refractivity contribution is 7.26. The molecule has 0 aliphatic heterocycles. The Labute approximate surface area is 308 Å². The Morgan fingerprint density at radius 2 is 1.19 bits per heavy atom. The molecule has 8 aromatic carbocycles. The Morgan fingerprint density at radius 3 is 2.11 bits per heavy atom. The van der Waals surface area contributed by atoms with Crippen molar-refractivity contribution in [3.63, 3.8) is 0 Å². The fraction of sp³-hybridized carbons (Fsp3) is 0.0612. The molecule has 0 bridgehead atoms. The van der Waals surface area contributed by atoms with E-state index in [1.165, 1.54) is 53.2 Å². The Kier molecular flexibility index (Phi) is 5.72. The van der Waals surface area contributed by atoms with Gasteiger partial charge in [-0.1, -0.05) is 98.8 Å². The molecule has 12 rings (SSSR count). The number of rotatable bonds is 3. The smallest absolute Gasteiger partial charge is 0.144 e. The van der Waals surface area contributed by atoms with Crippen LogP contribution in [0.2, 0.25) is 0 Å². The van der Waals surface area contributed by atoms with Crippen molar-refractivity contribution in [3.8, 4) is 11.1 Å². The second kappa shape index (κ2) is 10.4. The molecule has 0 saturated heterocycles. The van der Waals surface area contributed by atoms with Crippen molar-refractivity contribution < 1.29 is 8.83 Å². The first-order valence-corrected chi connectivity index (χ1v) is 19.0. The molecule has 4 heteroatoms. The van der Waals surface area contributed by atoms with Crippen LogP contribution in [0.1, 0.15) is 25.0 Å². The molecule has 53 heavy (non-hydrogen) atoms. The van der Waals surface area contributed by atoms with Gasteiger partial charge in [-0.25, -0.2) is 0 Å². The van der Waals surface area contributed by atoms with Crippen molar-refractivity contribution in [3.05, 3.63) is 163 Å². The van der Waals surface area contributed by atoms with Gasteiger partial charge < -0.3 is 13.7 Å². The van der Waals surface area contributed by atoms with Crippen LogP contribution >= 0.6 is 11.3 Å².